The van der Waals surface area contributed by atoms with E-state index in [1.54, 1.807) is 24.3 Å². The van der Waals surface area contributed by atoms with E-state index < -0.39 is 6.61 Å². The average Bonchev–Trinajstić information content (AvgIpc) is 2.60. The lowest BCUT2D eigenvalue weighted by Crippen LogP contribution is -2.22. The van der Waals surface area contributed by atoms with E-state index in [9.17, 15) is 8.78 Å². The fourth-order valence-electron chi connectivity index (χ4n) is 2.12. The quantitative estimate of drug-likeness (QED) is 0.558. The molecule has 140 valence electrons. The Bertz CT molecular complexity index is 788. The predicted octanol–water partition coefficient (Wildman–Crippen LogP) is 3.89. The van der Waals surface area contributed by atoms with Gasteiger partial charge in [0.05, 0.1) is 25.8 Å². The van der Waals surface area contributed by atoms with E-state index in [2.05, 4.69) is 15.0 Å². The number of methoxy groups -OCH3 is 2. The van der Waals surface area contributed by atoms with Gasteiger partial charge >= 0.3 is 6.61 Å². The van der Waals surface area contributed by atoms with Crippen molar-refractivity contribution in [2.75, 3.05) is 19.5 Å². The number of hydrogen-bond donors (Lipinski definition) is 2. The molecule has 0 bridgehead atoms. The first kappa shape index (κ1) is 19.6. The Hall–Kier alpha value is -2.74. The lowest BCUT2D eigenvalue weighted by Gasteiger charge is -2.12. The molecule has 0 atom stereocenters. The van der Waals surface area contributed by atoms with Gasteiger partial charge in [0.15, 0.2) is 5.96 Å². The van der Waals surface area contributed by atoms with Crippen molar-refractivity contribution < 1.29 is 23.0 Å². The first-order valence-electron chi connectivity index (χ1n) is 7.45. The first-order chi connectivity index (χ1) is 12.4. The molecule has 9 heteroatoms. The second-order valence-corrected chi connectivity index (χ2v) is 5.44. The normalized spacial score (nSPS) is 11.4. The van der Waals surface area contributed by atoms with Gasteiger partial charge < -0.3 is 25.3 Å². The van der Waals surface area contributed by atoms with Crippen LogP contribution in [0, 0.1) is 0 Å². The highest BCUT2D eigenvalue weighted by molar-refractivity contribution is 6.32. The van der Waals surface area contributed by atoms with Crippen molar-refractivity contribution in [3.05, 3.63) is 47.0 Å². The van der Waals surface area contributed by atoms with Crippen LogP contribution in [0.2, 0.25) is 5.02 Å². The summed E-state index contributed by atoms with van der Waals surface area (Å²) in [5, 5.41) is 3.27. The van der Waals surface area contributed by atoms with Gasteiger partial charge in [0.1, 0.15) is 17.2 Å². The van der Waals surface area contributed by atoms with Crippen LogP contribution in [0.5, 0.6) is 17.2 Å². The standard InChI is InChI=1S/C17H18ClF2N3O3/c1-24-12-4-6-14(26-16(19)20)10(7-12)9-22-17(21)23-11-3-5-15(25-2)13(18)8-11/h3-8,16H,9H2,1-2H3,(H3,21,22,23). The van der Waals surface area contributed by atoms with Crippen LogP contribution in [0.1, 0.15) is 5.56 Å². The number of alkyl halides is 2. The van der Waals surface area contributed by atoms with Crippen LogP contribution >= 0.6 is 11.6 Å². The van der Waals surface area contributed by atoms with Gasteiger partial charge in [-0.15, -0.1) is 0 Å². The fourth-order valence-corrected chi connectivity index (χ4v) is 2.38. The summed E-state index contributed by atoms with van der Waals surface area (Å²) in [6.07, 6.45) is 0. The maximum Gasteiger partial charge on any atom is 0.387 e. The molecule has 0 heterocycles. The topological polar surface area (TPSA) is 78.1 Å². The van der Waals surface area contributed by atoms with Gasteiger partial charge in [0.25, 0.3) is 0 Å². The number of nitrogens with one attached hydrogen (secondary N) is 1. The zero-order valence-electron chi connectivity index (χ0n) is 14.1. The third kappa shape index (κ3) is 5.38. The summed E-state index contributed by atoms with van der Waals surface area (Å²) in [6, 6.07) is 9.48. The Labute approximate surface area is 154 Å². The molecule has 0 aliphatic heterocycles. The monoisotopic (exact) mass is 385 g/mol. The fraction of sp³-hybridized carbons (Fsp3) is 0.235. The second-order valence-electron chi connectivity index (χ2n) is 5.03. The zero-order chi connectivity index (χ0) is 19.1. The Kier molecular flexibility index (Phi) is 6.85. The van der Waals surface area contributed by atoms with Crippen LogP contribution in [0.3, 0.4) is 0 Å². The molecule has 0 spiro atoms. The molecule has 0 aliphatic rings. The van der Waals surface area contributed by atoms with E-state index in [0.717, 1.165) is 0 Å². The molecule has 0 unspecified atom stereocenters. The summed E-state index contributed by atoms with van der Waals surface area (Å²) in [7, 11) is 2.98. The van der Waals surface area contributed by atoms with E-state index in [1.807, 2.05) is 0 Å². The lowest BCUT2D eigenvalue weighted by molar-refractivity contribution is -0.0504. The minimum Gasteiger partial charge on any atom is -0.497 e. The summed E-state index contributed by atoms with van der Waals surface area (Å²) in [5.74, 6) is 1.10. The summed E-state index contributed by atoms with van der Waals surface area (Å²) in [5.41, 5.74) is 6.85. The highest BCUT2D eigenvalue weighted by Gasteiger charge is 2.11. The number of anilines is 1. The molecular weight excluding hydrogens is 368 g/mol. The van der Waals surface area contributed by atoms with Crippen molar-refractivity contribution >= 4 is 23.2 Å². The molecule has 26 heavy (non-hydrogen) atoms. The van der Waals surface area contributed by atoms with Gasteiger partial charge in [-0.1, -0.05) is 11.6 Å². The van der Waals surface area contributed by atoms with Crippen molar-refractivity contribution in [2.24, 2.45) is 10.7 Å². The molecule has 0 radical (unpaired) electrons. The van der Waals surface area contributed by atoms with Crippen LogP contribution in [-0.4, -0.2) is 26.8 Å². The third-order valence-corrected chi connectivity index (χ3v) is 3.62. The van der Waals surface area contributed by atoms with E-state index in [1.165, 1.54) is 26.4 Å². The van der Waals surface area contributed by atoms with Gasteiger partial charge in [-0.3, -0.25) is 0 Å². The Morgan fingerprint density at radius 3 is 2.50 bits per heavy atom. The van der Waals surface area contributed by atoms with Crippen LogP contribution < -0.4 is 25.3 Å². The highest BCUT2D eigenvalue weighted by atomic mass is 35.5. The van der Waals surface area contributed by atoms with Crippen LogP contribution in [0.4, 0.5) is 14.5 Å². The number of benzene rings is 2. The van der Waals surface area contributed by atoms with Crippen molar-refractivity contribution in [3.8, 4) is 17.2 Å². The third-order valence-electron chi connectivity index (χ3n) is 3.33. The summed E-state index contributed by atoms with van der Waals surface area (Å²) in [4.78, 5) is 4.13. The molecule has 3 N–H and O–H groups in total. The van der Waals surface area contributed by atoms with Gasteiger partial charge in [0.2, 0.25) is 0 Å². The van der Waals surface area contributed by atoms with Crippen molar-refractivity contribution in [2.45, 2.75) is 13.2 Å². The number of aliphatic imine (C=N–C) groups is 1. The average molecular weight is 386 g/mol. The number of hydrogen-bond acceptors (Lipinski definition) is 4. The molecule has 2 rings (SSSR count). The molecule has 0 aliphatic carbocycles. The van der Waals surface area contributed by atoms with Gasteiger partial charge in [0, 0.05) is 11.3 Å². The Morgan fingerprint density at radius 2 is 1.88 bits per heavy atom. The summed E-state index contributed by atoms with van der Waals surface area (Å²) < 4.78 is 39.7. The molecule has 2 aromatic rings. The molecule has 0 fully saturated rings. The smallest absolute Gasteiger partial charge is 0.387 e. The van der Waals surface area contributed by atoms with Crippen LogP contribution in [0.15, 0.2) is 41.4 Å². The van der Waals surface area contributed by atoms with E-state index >= 15 is 0 Å². The Morgan fingerprint density at radius 1 is 1.15 bits per heavy atom. The molecule has 0 saturated heterocycles. The molecule has 0 amide bonds. The van der Waals surface area contributed by atoms with E-state index in [0.29, 0.717) is 27.8 Å². The van der Waals surface area contributed by atoms with Gasteiger partial charge in [-0.05, 0) is 36.4 Å². The van der Waals surface area contributed by atoms with Gasteiger partial charge in [-0.2, -0.15) is 8.78 Å². The van der Waals surface area contributed by atoms with E-state index in [-0.39, 0.29) is 18.3 Å². The van der Waals surface area contributed by atoms with Crippen LogP contribution in [-0.2, 0) is 6.54 Å². The van der Waals surface area contributed by atoms with E-state index in [4.69, 9.17) is 26.8 Å². The SMILES string of the molecule is COc1ccc(OC(F)F)c(CN=C(N)Nc2ccc(OC)c(Cl)c2)c1. The molecular formula is C17H18ClF2N3O3. The largest absolute Gasteiger partial charge is 0.497 e. The lowest BCUT2D eigenvalue weighted by atomic mass is 10.2. The molecule has 2 aromatic carbocycles. The maximum atomic E-state index is 12.5. The molecule has 0 saturated carbocycles. The number of rotatable bonds is 7. The first-order valence-corrected chi connectivity index (χ1v) is 7.83. The highest BCUT2D eigenvalue weighted by Crippen LogP contribution is 2.28. The van der Waals surface area contributed by atoms with Gasteiger partial charge in [-0.25, -0.2) is 4.99 Å². The minimum atomic E-state index is -2.94. The zero-order valence-corrected chi connectivity index (χ0v) is 14.9. The van der Waals surface area contributed by atoms with Crippen LogP contribution in [0.25, 0.3) is 0 Å². The van der Waals surface area contributed by atoms with Crippen molar-refractivity contribution in [1.29, 1.82) is 0 Å². The Balaban J connectivity index is 2.13. The predicted molar refractivity (Wildman–Crippen MR) is 96.6 cm³/mol. The maximum absolute atomic E-state index is 12.5. The number of nitrogens with zero attached hydrogens (tertiary/aromatic N) is 1. The second kappa shape index (κ2) is 9.10. The van der Waals surface area contributed by atoms with Crippen molar-refractivity contribution in [1.82, 2.24) is 0 Å². The summed E-state index contributed by atoms with van der Waals surface area (Å²) in [6.45, 7) is -2.93. The molecule has 6 nitrogen and oxygen atoms in total. The number of guanidine groups is 1. The number of halogens is 3. The number of nitrogens with two attached hydrogens (primary N) is 1. The summed E-state index contributed by atoms with van der Waals surface area (Å²) >= 11 is 6.04. The number of ether oxygens (including phenoxy) is 3. The molecule has 0 aromatic heterocycles. The van der Waals surface area contributed by atoms with Crippen molar-refractivity contribution in [3.63, 3.8) is 0 Å². The minimum absolute atomic E-state index is 0.00448.